The van der Waals surface area contributed by atoms with Gasteiger partial charge < -0.3 is 21.1 Å². The molecule has 0 unspecified atom stereocenters. The van der Waals surface area contributed by atoms with Gasteiger partial charge in [-0.2, -0.15) is 5.10 Å². The average molecular weight is 477 g/mol. The van der Waals surface area contributed by atoms with Crippen molar-refractivity contribution in [2.45, 2.75) is 32.2 Å². The third kappa shape index (κ3) is 4.79. The molecule has 2 aromatic heterocycles. The van der Waals surface area contributed by atoms with Gasteiger partial charge in [-0.25, -0.2) is 0 Å². The van der Waals surface area contributed by atoms with Crippen LogP contribution >= 0.6 is 0 Å². The van der Waals surface area contributed by atoms with E-state index < -0.39 is 0 Å². The fourth-order valence-corrected chi connectivity index (χ4v) is 4.59. The SMILES string of the molecule is C=NC1=C(C(=NCc2ccc3cc(/C(C=N)=C/C=N)[nH]c3c2)Nc2ccc3[nH]ncc3c2)CCCC1. The van der Waals surface area contributed by atoms with Gasteiger partial charge in [0.15, 0.2) is 0 Å². The van der Waals surface area contributed by atoms with Crippen molar-refractivity contribution < 1.29 is 0 Å². The number of aromatic nitrogens is 3. The van der Waals surface area contributed by atoms with E-state index in [0.717, 1.165) is 81.5 Å². The normalized spacial score (nSPS) is 14.9. The summed E-state index contributed by atoms with van der Waals surface area (Å²) in [6.45, 7) is 4.31. The number of allylic oxidation sites excluding steroid dienone is 3. The standard InChI is InChI=1S/C28H28N8/c1-31-25-5-3-2-4-23(25)28(34-22-8-9-24-21(13-22)17-33-36-24)32-16-18-6-7-19-14-27(35-26(19)12-18)20(15-30)10-11-29/h6-15,17,29-30,35H,1-5,16H2,(H,32,34)(H,33,36)/b20-10+,29-11?,30-15?. The minimum Gasteiger partial charge on any atom is -0.354 e. The molecule has 8 heteroatoms. The highest BCUT2D eigenvalue weighted by atomic mass is 15.1. The lowest BCUT2D eigenvalue weighted by Crippen LogP contribution is -2.19. The van der Waals surface area contributed by atoms with Crippen LogP contribution in [0.15, 0.2) is 76.0 Å². The van der Waals surface area contributed by atoms with Gasteiger partial charge in [0.2, 0.25) is 0 Å². The molecule has 2 heterocycles. The molecular weight excluding hydrogens is 448 g/mol. The maximum Gasteiger partial charge on any atom is 0.130 e. The zero-order valence-electron chi connectivity index (χ0n) is 19.9. The van der Waals surface area contributed by atoms with E-state index in [0.29, 0.717) is 12.1 Å². The maximum atomic E-state index is 7.62. The number of H-pyrrole nitrogens is 2. The van der Waals surface area contributed by atoms with E-state index in [2.05, 4.69) is 56.5 Å². The van der Waals surface area contributed by atoms with Gasteiger partial charge in [0.05, 0.1) is 18.3 Å². The van der Waals surface area contributed by atoms with Crippen molar-refractivity contribution in [1.82, 2.24) is 15.2 Å². The zero-order valence-corrected chi connectivity index (χ0v) is 19.9. The van der Waals surface area contributed by atoms with Crippen LogP contribution in [-0.4, -0.2) is 40.2 Å². The Hall–Kier alpha value is -4.59. The molecule has 0 saturated carbocycles. The molecule has 8 nitrogen and oxygen atoms in total. The van der Waals surface area contributed by atoms with Gasteiger partial charge in [-0.3, -0.25) is 15.1 Å². The monoisotopic (exact) mass is 476 g/mol. The summed E-state index contributed by atoms with van der Waals surface area (Å²) in [6.07, 6.45) is 9.91. The summed E-state index contributed by atoms with van der Waals surface area (Å²) in [4.78, 5) is 12.7. The number of nitrogens with one attached hydrogen (secondary N) is 5. The third-order valence-electron chi connectivity index (χ3n) is 6.45. The highest BCUT2D eigenvalue weighted by Gasteiger charge is 2.18. The Morgan fingerprint density at radius 3 is 2.78 bits per heavy atom. The summed E-state index contributed by atoms with van der Waals surface area (Å²) >= 11 is 0. The first-order valence-corrected chi connectivity index (χ1v) is 12.0. The second-order valence-electron chi connectivity index (χ2n) is 8.79. The number of anilines is 1. The summed E-state index contributed by atoms with van der Waals surface area (Å²) in [7, 11) is 0. The van der Waals surface area contributed by atoms with E-state index in [1.54, 1.807) is 6.08 Å². The lowest BCUT2D eigenvalue weighted by molar-refractivity contribution is 0.683. The fraction of sp³-hybridized carbons (Fsp3) is 0.179. The van der Waals surface area contributed by atoms with Gasteiger partial charge in [0.1, 0.15) is 5.84 Å². The molecule has 1 aliphatic rings. The summed E-state index contributed by atoms with van der Waals surface area (Å²) in [6, 6.07) is 14.3. The zero-order chi connectivity index (χ0) is 24.9. The molecule has 1 aliphatic carbocycles. The third-order valence-corrected chi connectivity index (χ3v) is 6.45. The molecule has 4 aromatic rings. The number of amidine groups is 1. The van der Waals surface area contributed by atoms with Crippen LogP contribution in [0.5, 0.6) is 0 Å². The molecule has 180 valence electrons. The van der Waals surface area contributed by atoms with Gasteiger partial charge in [0, 0.05) is 56.9 Å². The predicted molar refractivity (Wildman–Crippen MR) is 150 cm³/mol. The minimum atomic E-state index is 0.502. The summed E-state index contributed by atoms with van der Waals surface area (Å²) in [5.41, 5.74) is 7.59. The van der Waals surface area contributed by atoms with Gasteiger partial charge in [0.25, 0.3) is 0 Å². The summed E-state index contributed by atoms with van der Waals surface area (Å²) in [5.74, 6) is 0.826. The number of aromatic amines is 2. The molecule has 0 saturated heterocycles. The molecule has 0 radical (unpaired) electrons. The molecule has 2 aromatic carbocycles. The Morgan fingerprint density at radius 1 is 1.06 bits per heavy atom. The van der Waals surface area contributed by atoms with Crippen molar-refractivity contribution in [3.8, 4) is 0 Å². The van der Waals surface area contributed by atoms with Gasteiger partial charge in [-0.15, -0.1) is 0 Å². The van der Waals surface area contributed by atoms with Crippen LogP contribution in [0.1, 0.15) is 36.9 Å². The number of hydrogen-bond donors (Lipinski definition) is 5. The van der Waals surface area contributed by atoms with E-state index in [4.69, 9.17) is 15.8 Å². The molecule has 0 fully saturated rings. The van der Waals surface area contributed by atoms with Crippen LogP contribution in [0.3, 0.4) is 0 Å². The Labute approximate surface area is 209 Å². The molecule has 5 rings (SSSR count). The molecular formula is C28H28N8. The number of aliphatic imine (C=N–C) groups is 2. The van der Waals surface area contributed by atoms with E-state index >= 15 is 0 Å². The highest BCUT2D eigenvalue weighted by molar-refractivity contribution is 6.12. The van der Waals surface area contributed by atoms with Gasteiger partial charge in [-0.1, -0.05) is 12.1 Å². The van der Waals surface area contributed by atoms with Gasteiger partial charge >= 0.3 is 0 Å². The molecule has 0 spiro atoms. The van der Waals surface area contributed by atoms with E-state index in [1.165, 1.54) is 12.4 Å². The number of hydrogen-bond acceptors (Lipinski definition) is 5. The van der Waals surface area contributed by atoms with Crippen LogP contribution in [0.4, 0.5) is 5.69 Å². The van der Waals surface area contributed by atoms with Crippen molar-refractivity contribution in [2.24, 2.45) is 9.98 Å². The van der Waals surface area contributed by atoms with Crippen LogP contribution in [-0.2, 0) is 6.54 Å². The van der Waals surface area contributed by atoms with Crippen molar-refractivity contribution in [1.29, 1.82) is 10.8 Å². The van der Waals surface area contributed by atoms with Gasteiger partial charge in [-0.05, 0) is 74.4 Å². The van der Waals surface area contributed by atoms with Crippen LogP contribution in [0.2, 0.25) is 0 Å². The van der Waals surface area contributed by atoms with Crippen molar-refractivity contribution >= 4 is 58.0 Å². The fourth-order valence-electron chi connectivity index (χ4n) is 4.59. The Bertz CT molecular complexity index is 1550. The summed E-state index contributed by atoms with van der Waals surface area (Å²) in [5, 5.41) is 27.7. The van der Waals surface area contributed by atoms with Crippen LogP contribution < -0.4 is 5.32 Å². The smallest absolute Gasteiger partial charge is 0.130 e. The Balaban J connectivity index is 1.47. The largest absolute Gasteiger partial charge is 0.354 e. The second kappa shape index (κ2) is 10.4. The molecule has 0 atom stereocenters. The van der Waals surface area contributed by atoms with Crippen LogP contribution in [0.25, 0.3) is 27.4 Å². The molecule has 0 aliphatic heterocycles. The maximum absolute atomic E-state index is 7.62. The van der Waals surface area contributed by atoms with Crippen molar-refractivity contribution in [3.05, 3.63) is 77.3 Å². The van der Waals surface area contributed by atoms with E-state index in [9.17, 15) is 0 Å². The first-order chi connectivity index (χ1) is 17.7. The average Bonchev–Trinajstić information content (AvgIpc) is 3.55. The highest BCUT2D eigenvalue weighted by Crippen LogP contribution is 2.28. The van der Waals surface area contributed by atoms with E-state index in [-0.39, 0.29) is 0 Å². The molecule has 5 N–H and O–H groups in total. The molecule has 0 amide bonds. The first-order valence-electron chi connectivity index (χ1n) is 12.0. The van der Waals surface area contributed by atoms with Crippen molar-refractivity contribution in [2.75, 3.05) is 5.32 Å². The first kappa shape index (κ1) is 23.2. The second-order valence-corrected chi connectivity index (χ2v) is 8.79. The predicted octanol–water partition coefficient (Wildman–Crippen LogP) is 6.27. The Morgan fingerprint density at radius 2 is 1.94 bits per heavy atom. The topological polar surface area (TPSA) is 129 Å². The lowest BCUT2D eigenvalue weighted by Gasteiger charge is -2.20. The van der Waals surface area contributed by atoms with Crippen molar-refractivity contribution in [3.63, 3.8) is 0 Å². The molecule has 0 bridgehead atoms. The van der Waals surface area contributed by atoms with E-state index in [1.807, 2.05) is 24.4 Å². The quantitative estimate of drug-likeness (QED) is 0.152. The lowest BCUT2D eigenvalue weighted by atomic mass is 9.95. The number of nitrogens with zero attached hydrogens (tertiary/aromatic N) is 3. The van der Waals surface area contributed by atoms with Crippen LogP contribution in [0, 0.1) is 10.8 Å². The molecule has 36 heavy (non-hydrogen) atoms. The Kier molecular flexibility index (Phi) is 6.66. The number of rotatable bonds is 8. The summed E-state index contributed by atoms with van der Waals surface area (Å²) < 4.78 is 0. The number of fused-ring (bicyclic) bond motifs is 2. The minimum absolute atomic E-state index is 0.502. The number of benzene rings is 2.